The zero-order valence-electron chi connectivity index (χ0n) is 16.8. The first-order valence-electron chi connectivity index (χ1n) is 9.37. The highest BCUT2D eigenvalue weighted by atomic mass is 35.5. The summed E-state index contributed by atoms with van der Waals surface area (Å²) in [4.78, 5) is 24.4. The van der Waals surface area contributed by atoms with Gasteiger partial charge in [-0.1, -0.05) is 30.7 Å². The number of benzene rings is 2. The van der Waals surface area contributed by atoms with Crippen LogP contribution in [0.25, 0.3) is 0 Å². The lowest BCUT2D eigenvalue weighted by molar-refractivity contribution is -0.116. The molecule has 3 N–H and O–H groups in total. The fraction of sp³-hybridized carbons (Fsp3) is 0.286. The first-order valence-corrected chi connectivity index (χ1v) is 10.2. The van der Waals surface area contributed by atoms with Crippen LogP contribution in [0.4, 0.5) is 11.4 Å². The Labute approximate surface area is 186 Å². The lowest BCUT2D eigenvalue weighted by Crippen LogP contribution is -2.34. The molecule has 0 aliphatic carbocycles. The lowest BCUT2D eigenvalue weighted by atomic mass is 10.2. The molecule has 0 heterocycles. The molecule has 2 aromatic carbocycles. The molecule has 160 valence electrons. The van der Waals surface area contributed by atoms with Crippen LogP contribution in [-0.4, -0.2) is 37.3 Å². The van der Waals surface area contributed by atoms with Crippen molar-refractivity contribution in [1.82, 2.24) is 5.32 Å². The van der Waals surface area contributed by atoms with E-state index in [1.807, 2.05) is 6.92 Å². The summed E-state index contributed by atoms with van der Waals surface area (Å²) in [6, 6.07) is 11.8. The second kappa shape index (κ2) is 12.1. The standard InChI is InChI=1S/C21H24ClN3O4S/c1-3-6-19(26)23-14-9-10-16(22)17(13-14)24-21(30)25-20(27)15-7-4-5-8-18(15)29-12-11-28-2/h4-5,7-10,13H,3,6,11-12H2,1-2H3,(H,23,26)(H2,24,25,27,30). The number of ether oxygens (including phenoxy) is 2. The molecule has 2 amide bonds. The van der Waals surface area contributed by atoms with Gasteiger partial charge in [0.2, 0.25) is 5.91 Å². The first kappa shape index (κ1) is 23.6. The predicted octanol–water partition coefficient (Wildman–Crippen LogP) is 4.23. The number of thiocarbonyl (C=S) groups is 1. The Morgan fingerprint density at radius 2 is 1.87 bits per heavy atom. The smallest absolute Gasteiger partial charge is 0.261 e. The Morgan fingerprint density at radius 1 is 1.10 bits per heavy atom. The summed E-state index contributed by atoms with van der Waals surface area (Å²) in [7, 11) is 1.57. The molecule has 0 bridgehead atoms. The molecule has 7 nitrogen and oxygen atoms in total. The van der Waals surface area contributed by atoms with Gasteiger partial charge >= 0.3 is 0 Å². The zero-order valence-corrected chi connectivity index (χ0v) is 18.4. The summed E-state index contributed by atoms with van der Waals surface area (Å²) in [6.07, 6.45) is 1.17. The Hall–Kier alpha value is -2.68. The van der Waals surface area contributed by atoms with Crippen LogP contribution in [-0.2, 0) is 9.53 Å². The summed E-state index contributed by atoms with van der Waals surface area (Å²) in [5.74, 6) is -0.0932. The van der Waals surface area contributed by atoms with Gasteiger partial charge in [0.15, 0.2) is 5.11 Å². The quantitative estimate of drug-likeness (QED) is 0.392. The minimum atomic E-state index is -0.427. The fourth-order valence-corrected chi connectivity index (χ4v) is 2.86. The zero-order chi connectivity index (χ0) is 21.9. The van der Waals surface area contributed by atoms with Crippen molar-refractivity contribution in [1.29, 1.82) is 0 Å². The summed E-state index contributed by atoms with van der Waals surface area (Å²) >= 11 is 11.5. The number of hydrogen-bond donors (Lipinski definition) is 3. The molecule has 0 unspecified atom stereocenters. The molecule has 2 aromatic rings. The monoisotopic (exact) mass is 449 g/mol. The van der Waals surface area contributed by atoms with Crippen molar-refractivity contribution in [3.63, 3.8) is 0 Å². The topological polar surface area (TPSA) is 88.7 Å². The number of methoxy groups -OCH3 is 1. The summed E-state index contributed by atoms with van der Waals surface area (Å²) in [5, 5.41) is 8.73. The van der Waals surface area contributed by atoms with Crippen LogP contribution >= 0.6 is 23.8 Å². The van der Waals surface area contributed by atoms with E-state index in [9.17, 15) is 9.59 Å². The molecule has 0 aromatic heterocycles. The van der Waals surface area contributed by atoms with Crippen molar-refractivity contribution < 1.29 is 19.1 Å². The lowest BCUT2D eigenvalue weighted by Gasteiger charge is -2.14. The van der Waals surface area contributed by atoms with Gasteiger partial charge in [-0.15, -0.1) is 0 Å². The molecule has 30 heavy (non-hydrogen) atoms. The van der Waals surface area contributed by atoms with Gasteiger partial charge in [-0.2, -0.15) is 0 Å². The van der Waals surface area contributed by atoms with Gasteiger partial charge < -0.3 is 20.1 Å². The molecule has 0 saturated carbocycles. The number of carbonyl (C=O) groups is 2. The largest absolute Gasteiger partial charge is 0.490 e. The van der Waals surface area contributed by atoms with E-state index in [-0.39, 0.29) is 11.0 Å². The highest BCUT2D eigenvalue weighted by Crippen LogP contribution is 2.26. The SMILES string of the molecule is CCCC(=O)Nc1ccc(Cl)c(NC(=S)NC(=O)c2ccccc2OCCOC)c1. The van der Waals surface area contributed by atoms with Gasteiger partial charge in [0.1, 0.15) is 12.4 Å². The Bertz CT molecular complexity index is 908. The molecule has 0 radical (unpaired) electrons. The highest BCUT2D eigenvalue weighted by Gasteiger charge is 2.14. The van der Waals surface area contributed by atoms with Crippen LogP contribution in [0, 0.1) is 0 Å². The van der Waals surface area contributed by atoms with Crippen LogP contribution in [0.1, 0.15) is 30.1 Å². The fourth-order valence-electron chi connectivity index (χ4n) is 2.49. The molecule has 9 heteroatoms. The van der Waals surface area contributed by atoms with Crippen molar-refractivity contribution in [3.05, 3.63) is 53.1 Å². The third-order valence-corrected chi connectivity index (χ3v) is 4.41. The van der Waals surface area contributed by atoms with Crippen molar-refractivity contribution >= 4 is 52.1 Å². The normalized spacial score (nSPS) is 10.2. The molecule has 0 aliphatic rings. The van der Waals surface area contributed by atoms with Gasteiger partial charge in [-0.25, -0.2) is 0 Å². The maximum atomic E-state index is 12.6. The van der Waals surface area contributed by atoms with Crippen molar-refractivity contribution in [3.8, 4) is 5.75 Å². The van der Waals surface area contributed by atoms with E-state index in [2.05, 4.69) is 16.0 Å². The number of carbonyl (C=O) groups excluding carboxylic acids is 2. The highest BCUT2D eigenvalue weighted by molar-refractivity contribution is 7.80. The van der Waals surface area contributed by atoms with E-state index in [4.69, 9.17) is 33.3 Å². The third-order valence-electron chi connectivity index (χ3n) is 3.88. The van der Waals surface area contributed by atoms with Crippen molar-refractivity contribution in [2.24, 2.45) is 0 Å². The van der Waals surface area contributed by atoms with E-state index in [0.717, 1.165) is 6.42 Å². The second-order valence-electron chi connectivity index (χ2n) is 6.24. The second-order valence-corrected chi connectivity index (χ2v) is 7.05. The minimum Gasteiger partial charge on any atom is -0.490 e. The first-order chi connectivity index (χ1) is 14.4. The molecular weight excluding hydrogens is 426 g/mol. The average molecular weight is 450 g/mol. The summed E-state index contributed by atoms with van der Waals surface area (Å²) < 4.78 is 10.5. The van der Waals surface area contributed by atoms with Crippen LogP contribution in [0.15, 0.2) is 42.5 Å². The number of amides is 2. The number of para-hydroxylation sites is 1. The Balaban J connectivity index is 2.04. The molecule has 0 fully saturated rings. The predicted molar refractivity (Wildman–Crippen MR) is 122 cm³/mol. The van der Waals surface area contributed by atoms with E-state index in [1.165, 1.54) is 0 Å². The van der Waals surface area contributed by atoms with Gasteiger partial charge in [-0.3, -0.25) is 14.9 Å². The molecule has 0 aliphatic heterocycles. The van der Waals surface area contributed by atoms with E-state index in [0.29, 0.717) is 47.3 Å². The third kappa shape index (κ3) is 7.29. The average Bonchev–Trinajstić information content (AvgIpc) is 2.71. The molecular formula is C21H24ClN3O4S. The minimum absolute atomic E-state index is 0.0608. The van der Waals surface area contributed by atoms with E-state index < -0.39 is 5.91 Å². The van der Waals surface area contributed by atoms with Gasteiger partial charge in [-0.05, 0) is 49.0 Å². The van der Waals surface area contributed by atoms with Gasteiger partial charge in [0.25, 0.3) is 5.91 Å². The molecule has 0 saturated heterocycles. The number of hydrogen-bond acceptors (Lipinski definition) is 5. The number of anilines is 2. The van der Waals surface area contributed by atoms with Crippen LogP contribution in [0.3, 0.4) is 0 Å². The Kier molecular flexibility index (Phi) is 9.53. The number of nitrogens with one attached hydrogen (secondary N) is 3. The number of halogens is 1. The van der Waals surface area contributed by atoms with Gasteiger partial charge in [0, 0.05) is 19.2 Å². The Morgan fingerprint density at radius 3 is 2.60 bits per heavy atom. The van der Waals surface area contributed by atoms with Crippen molar-refractivity contribution in [2.75, 3.05) is 31.0 Å². The molecule has 0 atom stereocenters. The van der Waals surface area contributed by atoms with Crippen molar-refractivity contribution in [2.45, 2.75) is 19.8 Å². The van der Waals surface area contributed by atoms with E-state index in [1.54, 1.807) is 49.6 Å². The number of rotatable bonds is 9. The van der Waals surface area contributed by atoms with Crippen LogP contribution < -0.4 is 20.7 Å². The van der Waals surface area contributed by atoms with Crippen LogP contribution in [0.5, 0.6) is 5.75 Å². The van der Waals surface area contributed by atoms with E-state index >= 15 is 0 Å². The maximum absolute atomic E-state index is 12.6. The summed E-state index contributed by atoms with van der Waals surface area (Å²) in [6.45, 7) is 2.64. The van der Waals surface area contributed by atoms with Crippen LogP contribution in [0.2, 0.25) is 5.02 Å². The molecule has 2 rings (SSSR count). The van der Waals surface area contributed by atoms with Gasteiger partial charge in [0.05, 0.1) is 22.9 Å². The maximum Gasteiger partial charge on any atom is 0.261 e. The molecule has 0 spiro atoms. The summed E-state index contributed by atoms with van der Waals surface area (Å²) in [5.41, 5.74) is 1.37.